The molecule has 9 heteroatoms. The number of carboxylic acids is 3. The van der Waals surface area contributed by atoms with E-state index in [9.17, 15) is 29.7 Å². The summed E-state index contributed by atoms with van der Waals surface area (Å²) in [6.07, 6.45) is 0. The molecule has 15 heavy (non-hydrogen) atoms. The Morgan fingerprint density at radius 1 is 0.800 bits per heavy atom. The van der Waals surface area contributed by atoms with Crippen LogP contribution in [0.3, 0.4) is 0 Å². The Bertz CT molecular complexity index is 217. The summed E-state index contributed by atoms with van der Waals surface area (Å²) >= 11 is 0. The average Bonchev–Trinajstić information content (AvgIpc) is 1.85. The molecule has 6 nitrogen and oxygen atoms in total. The molecule has 0 aliphatic rings. The molecule has 0 N–H and O–H groups in total. The molecule has 0 radical (unpaired) electrons. The predicted octanol–water partition coefficient (Wildman–Crippen LogP) is -13.5. The molecule has 0 unspecified atom stereocenters. The molecular weight excluding hydrogens is 237 g/mol. The Balaban J connectivity index is -0.000000202. The Morgan fingerprint density at radius 2 is 1.07 bits per heavy atom. The summed E-state index contributed by atoms with van der Waals surface area (Å²) < 4.78 is 0. The van der Waals surface area contributed by atoms with Crippen molar-refractivity contribution < 1.29 is 118 Å². The molecule has 68 valence electrons. The zero-order valence-corrected chi connectivity index (χ0v) is 15.1. The first-order valence-electron chi connectivity index (χ1n) is 3.00. The number of hydrogen-bond donors (Lipinski definition) is 0. The normalized spacial score (nSPS) is 10.0. The SMILES string of the molecule is C[C@H](C(=O)[O-])C(C(=O)[O-])C(=O)[O-].[Na+].[Na+].[Na+]. The van der Waals surface area contributed by atoms with Crippen molar-refractivity contribution in [2.75, 3.05) is 0 Å². The number of carbonyl (C=O) groups excluding carboxylic acids is 3. The van der Waals surface area contributed by atoms with Gasteiger partial charge in [-0.25, -0.2) is 0 Å². The van der Waals surface area contributed by atoms with Crippen LogP contribution in [0.4, 0.5) is 0 Å². The van der Waals surface area contributed by atoms with Crippen LogP contribution in [0.1, 0.15) is 6.92 Å². The van der Waals surface area contributed by atoms with Gasteiger partial charge in [-0.15, -0.1) is 0 Å². The summed E-state index contributed by atoms with van der Waals surface area (Å²) in [6, 6.07) is 0. The maximum atomic E-state index is 10.1. The smallest absolute Gasteiger partial charge is 0.550 e. The molecule has 0 bridgehead atoms. The molecule has 0 fully saturated rings. The van der Waals surface area contributed by atoms with E-state index in [0.29, 0.717) is 0 Å². The fraction of sp³-hybridized carbons (Fsp3) is 0.500. The van der Waals surface area contributed by atoms with Crippen molar-refractivity contribution in [1.29, 1.82) is 0 Å². The molecule has 0 aromatic rings. The summed E-state index contributed by atoms with van der Waals surface area (Å²) in [5.41, 5.74) is 0. The van der Waals surface area contributed by atoms with Crippen molar-refractivity contribution >= 4 is 17.9 Å². The van der Waals surface area contributed by atoms with E-state index in [4.69, 9.17) is 0 Å². The zero-order chi connectivity index (χ0) is 9.89. The van der Waals surface area contributed by atoms with Gasteiger partial charge >= 0.3 is 88.7 Å². The zero-order valence-electron chi connectivity index (χ0n) is 9.10. The minimum atomic E-state index is -2.17. The molecule has 0 aliphatic carbocycles. The minimum absolute atomic E-state index is 0. The van der Waals surface area contributed by atoms with Crippen LogP contribution in [-0.4, -0.2) is 17.9 Å². The maximum Gasteiger partial charge on any atom is 1.00 e. The molecule has 0 saturated heterocycles. The van der Waals surface area contributed by atoms with Gasteiger partial charge in [-0.2, -0.15) is 0 Å². The van der Waals surface area contributed by atoms with Crippen molar-refractivity contribution in [3.8, 4) is 0 Å². The van der Waals surface area contributed by atoms with Gasteiger partial charge in [0.25, 0.3) is 0 Å². The number of aliphatic carboxylic acids is 3. The number of carbonyl (C=O) groups is 3. The molecule has 1 atom stereocenters. The third kappa shape index (κ3) is 9.14. The van der Waals surface area contributed by atoms with Gasteiger partial charge < -0.3 is 29.7 Å². The van der Waals surface area contributed by atoms with Crippen LogP contribution in [0.2, 0.25) is 0 Å². The fourth-order valence-electron chi connectivity index (χ4n) is 0.641. The summed E-state index contributed by atoms with van der Waals surface area (Å²) in [4.78, 5) is 30.2. The Hall–Kier alpha value is 1.41. The van der Waals surface area contributed by atoms with Gasteiger partial charge in [0.1, 0.15) is 0 Å². The largest absolute Gasteiger partial charge is 1.00 e. The molecule has 0 rings (SSSR count). The molecule has 0 aliphatic heterocycles. The van der Waals surface area contributed by atoms with E-state index in [0.717, 1.165) is 6.92 Å². The third-order valence-electron chi connectivity index (χ3n) is 1.38. The summed E-state index contributed by atoms with van der Waals surface area (Å²) in [6.45, 7) is 0.894. The second-order valence-electron chi connectivity index (χ2n) is 2.22. The summed E-state index contributed by atoms with van der Waals surface area (Å²) in [5.74, 6) is -9.60. The van der Waals surface area contributed by atoms with Crippen LogP contribution in [0.5, 0.6) is 0 Å². The van der Waals surface area contributed by atoms with Crippen LogP contribution >= 0.6 is 0 Å². The van der Waals surface area contributed by atoms with E-state index < -0.39 is 29.7 Å². The van der Waals surface area contributed by atoms with E-state index in [1.165, 1.54) is 0 Å². The second kappa shape index (κ2) is 11.9. The van der Waals surface area contributed by atoms with Crippen LogP contribution < -0.4 is 104 Å². The van der Waals surface area contributed by atoms with Gasteiger partial charge in [0, 0.05) is 17.8 Å². The van der Waals surface area contributed by atoms with Gasteiger partial charge in [0.2, 0.25) is 0 Å². The maximum absolute atomic E-state index is 10.1. The topological polar surface area (TPSA) is 120 Å². The first-order valence-corrected chi connectivity index (χ1v) is 3.00. The molecule has 0 heterocycles. The second-order valence-corrected chi connectivity index (χ2v) is 2.22. The Morgan fingerprint density at radius 3 is 1.13 bits per heavy atom. The van der Waals surface area contributed by atoms with E-state index in [1.807, 2.05) is 0 Å². The van der Waals surface area contributed by atoms with E-state index >= 15 is 0 Å². The van der Waals surface area contributed by atoms with E-state index in [1.54, 1.807) is 0 Å². The van der Waals surface area contributed by atoms with E-state index in [-0.39, 0.29) is 88.7 Å². The average molecular weight is 242 g/mol. The standard InChI is InChI=1S/C6H8O6.3Na/c1-2(4(7)8)3(5(9)10)6(11)12;;;/h2-3H,1H3,(H,7,8)(H,9,10)(H,11,12);;;/q;3*+1/p-3/t2-;;;/m0.../s1. The predicted molar refractivity (Wildman–Crippen MR) is 27.7 cm³/mol. The Labute approximate surface area is 153 Å². The molecular formula is C6H5Na3O6. The molecule has 0 aromatic carbocycles. The van der Waals surface area contributed by atoms with Crippen LogP contribution in [-0.2, 0) is 14.4 Å². The fourth-order valence-corrected chi connectivity index (χ4v) is 0.641. The van der Waals surface area contributed by atoms with Gasteiger partial charge in [0.15, 0.2) is 0 Å². The Kier molecular flexibility index (Phi) is 20.0. The number of carboxylic acid groups (broad SMARTS) is 3. The van der Waals surface area contributed by atoms with Gasteiger partial charge in [-0.05, 0) is 0 Å². The van der Waals surface area contributed by atoms with E-state index in [2.05, 4.69) is 0 Å². The van der Waals surface area contributed by atoms with Crippen LogP contribution in [0.15, 0.2) is 0 Å². The summed E-state index contributed by atoms with van der Waals surface area (Å²) in [7, 11) is 0. The third-order valence-corrected chi connectivity index (χ3v) is 1.38. The van der Waals surface area contributed by atoms with Gasteiger partial charge in [-0.3, -0.25) is 0 Å². The van der Waals surface area contributed by atoms with Gasteiger partial charge in [0.05, 0.1) is 11.9 Å². The molecule has 0 saturated carbocycles. The molecule has 0 spiro atoms. The monoisotopic (exact) mass is 242 g/mol. The van der Waals surface area contributed by atoms with Crippen LogP contribution in [0, 0.1) is 11.8 Å². The first-order chi connectivity index (χ1) is 5.37. The number of rotatable bonds is 4. The van der Waals surface area contributed by atoms with Crippen molar-refractivity contribution in [3.05, 3.63) is 0 Å². The van der Waals surface area contributed by atoms with Crippen molar-refractivity contribution in [2.24, 2.45) is 11.8 Å². The quantitative estimate of drug-likeness (QED) is 0.356. The first kappa shape index (κ1) is 25.3. The molecule has 0 aromatic heterocycles. The van der Waals surface area contributed by atoms with Crippen molar-refractivity contribution in [1.82, 2.24) is 0 Å². The minimum Gasteiger partial charge on any atom is -0.550 e. The van der Waals surface area contributed by atoms with Gasteiger partial charge in [-0.1, -0.05) is 6.92 Å². The van der Waals surface area contributed by atoms with Crippen molar-refractivity contribution in [2.45, 2.75) is 6.92 Å². The van der Waals surface area contributed by atoms with Crippen LogP contribution in [0.25, 0.3) is 0 Å². The molecule has 0 amide bonds. The summed E-state index contributed by atoms with van der Waals surface area (Å²) in [5, 5.41) is 30.2. The number of hydrogen-bond acceptors (Lipinski definition) is 6. The van der Waals surface area contributed by atoms with Crippen molar-refractivity contribution in [3.63, 3.8) is 0 Å².